The molecule has 0 saturated carbocycles. The number of methoxy groups -OCH3 is 1. The van der Waals surface area contributed by atoms with Gasteiger partial charge in [-0.1, -0.05) is 0 Å². The molecular formula is C14H20N2O5S2. The largest absolute Gasteiger partial charge is 0.618 e. The Bertz CT molecular complexity index is 650. The van der Waals surface area contributed by atoms with E-state index in [0.29, 0.717) is 29.3 Å². The number of carbonyl (C=O) groups is 1. The van der Waals surface area contributed by atoms with Gasteiger partial charge in [-0.3, -0.25) is 4.79 Å². The van der Waals surface area contributed by atoms with Gasteiger partial charge >= 0.3 is 0 Å². The molecule has 128 valence electrons. The summed E-state index contributed by atoms with van der Waals surface area (Å²) in [6.45, 7) is 0.697. The monoisotopic (exact) mass is 360 g/mol. The molecule has 2 heterocycles. The maximum atomic E-state index is 12.5. The molecule has 0 unspecified atom stereocenters. The van der Waals surface area contributed by atoms with E-state index in [2.05, 4.69) is 0 Å². The molecule has 2 rings (SSSR count). The third-order valence-corrected chi connectivity index (χ3v) is 6.39. The van der Waals surface area contributed by atoms with Crippen LogP contribution in [0, 0.1) is 5.21 Å². The van der Waals surface area contributed by atoms with E-state index in [1.165, 1.54) is 13.3 Å². The van der Waals surface area contributed by atoms with Crippen LogP contribution in [0.5, 0.6) is 0 Å². The highest BCUT2D eigenvalue weighted by atomic mass is 32.2. The number of hydrogen-bond donors (Lipinski definition) is 0. The Morgan fingerprint density at radius 3 is 2.91 bits per heavy atom. The molecule has 0 bridgehead atoms. The van der Waals surface area contributed by atoms with Gasteiger partial charge in [0.2, 0.25) is 5.91 Å². The molecule has 0 aromatic carbocycles. The van der Waals surface area contributed by atoms with Crippen LogP contribution >= 0.6 is 11.8 Å². The zero-order valence-electron chi connectivity index (χ0n) is 12.9. The topological polar surface area (TPSA) is 90.6 Å². The van der Waals surface area contributed by atoms with E-state index < -0.39 is 9.84 Å². The smallest absolute Gasteiger partial charge is 0.251 e. The number of amides is 1. The third-order valence-electron chi connectivity index (χ3n) is 3.64. The SMILES string of the molecule is COCCN(C(=O)CSc1cccc[n+]1[O-])[C@@H]1CCS(=O)(=O)C1. The van der Waals surface area contributed by atoms with Gasteiger partial charge in [0.15, 0.2) is 16.0 Å². The van der Waals surface area contributed by atoms with Crippen molar-refractivity contribution in [2.24, 2.45) is 0 Å². The first kappa shape index (κ1) is 18.0. The van der Waals surface area contributed by atoms with Crippen LogP contribution in [-0.4, -0.2) is 62.8 Å². The average molecular weight is 360 g/mol. The van der Waals surface area contributed by atoms with Crippen LogP contribution in [0.3, 0.4) is 0 Å². The van der Waals surface area contributed by atoms with Crippen LogP contribution in [0.2, 0.25) is 0 Å². The summed E-state index contributed by atoms with van der Waals surface area (Å²) < 4.78 is 29.0. The number of hydrogen-bond acceptors (Lipinski definition) is 6. The summed E-state index contributed by atoms with van der Waals surface area (Å²) in [7, 11) is -1.53. The number of nitrogens with zero attached hydrogens (tertiary/aromatic N) is 2. The Hall–Kier alpha value is -1.32. The number of pyridine rings is 1. The van der Waals surface area contributed by atoms with E-state index in [-0.39, 0.29) is 29.2 Å². The molecule has 1 aromatic heterocycles. The molecule has 1 atom stereocenters. The highest BCUT2D eigenvalue weighted by Crippen LogP contribution is 2.20. The number of sulfone groups is 1. The van der Waals surface area contributed by atoms with Gasteiger partial charge in [-0.25, -0.2) is 8.42 Å². The summed E-state index contributed by atoms with van der Waals surface area (Å²) in [5.74, 6) is 0.0193. The molecule has 1 fully saturated rings. The fourth-order valence-electron chi connectivity index (χ4n) is 2.46. The Kier molecular flexibility index (Phi) is 6.25. The molecule has 1 aliphatic heterocycles. The van der Waals surface area contributed by atoms with Crippen molar-refractivity contribution in [3.8, 4) is 0 Å². The lowest BCUT2D eigenvalue weighted by Crippen LogP contribution is -2.44. The quantitative estimate of drug-likeness (QED) is 0.388. The summed E-state index contributed by atoms with van der Waals surface area (Å²) in [4.78, 5) is 14.0. The Labute approximate surface area is 140 Å². The first-order valence-corrected chi connectivity index (χ1v) is 10.0. The molecule has 0 N–H and O–H groups in total. The molecule has 9 heteroatoms. The Morgan fingerprint density at radius 2 is 2.30 bits per heavy atom. The molecule has 1 saturated heterocycles. The summed E-state index contributed by atoms with van der Waals surface area (Å²) in [6.07, 6.45) is 1.83. The number of aromatic nitrogens is 1. The van der Waals surface area contributed by atoms with Crippen molar-refractivity contribution in [3.05, 3.63) is 29.6 Å². The normalized spacial score (nSPS) is 19.6. The highest BCUT2D eigenvalue weighted by molar-refractivity contribution is 7.99. The van der Waals surface area contributed by atoms with E-state index in [0.717, 1.165) is 11.8 Å². The molecule has 0 aliphatic carbocycles. The number of ether oxygens (including phenoxy) is 1. The highest BCUT2D eigenvalue weighted by Gasteiger charge is 2.34. The standard InChI is InChI=1S/C14H20N2O5S2/c1-21-8-7-15(12-5-9-23(19,20)11-12)13(17)10-22-14-4-2-3-6-16(14)18/h2-4,6,12H,5,7-11H2,1H3/t12-/m1/s1. The third kappa shape index (κ3) is 5.08. The van der Waals surface area contributed by atoms with Crippen molar-refractivity contribution >= 4 is 27.5 Å². The van der Waals surface area contributed by atoms with Crippen LogP contribution in [0.4, 0.5) is 0 Å². The molecule has 7 nitrogen and oxygen atoms in total. The van der Waals surface area contributed by atoms with E-state index in [1.807, 2.05) is 0 Å². The summed E-state index contributed by atoms with van der Waals surface area (Å²) >= 11 is 1.14. The molecule has 1 aromatic rings. The molecule has 0 spiro atoms. The number of rotatable bonds is 7. The van der Waals surface area contributed by atoms with Gasteiger partial charge in [0.05, 0.1) is 23.9 Å². The molecule has 0 radical (unpaired) electrons. The average Bonchev–Trinajstić information content (AvgIpc) is 2.87. The number of thioether (sulfide) groups is 1. The first-order chi connectivity index (χ1) is 10.9. The molecule has 1 aliphatic rings. The number of carbonyl (C=O) groups excluding carboxylic acids is 1. The van der Waals surface area contributed by atoms with Gasteiger partial charge in [-0.05, 0) is 24.2 Å². The second-order valence-corrected chi connectivity index (χ2v) is 8.51. The lowest BCUT2D eigenvalue weighted by molar-refractivity contribution is -0.645. The van der Waals surface area contributed by atoms with Gasteiger partial charge < -0.3 is 14.8 Å². The van der Waals surface area contributed by atoms with E-state index >= 15 is 0 Å². The van der Waals surface area contributed by atoms with Crippen LogP contribution in [0.25, 0.3) is 0 Å². The predicted molar refractivity (Wildman–Crippen MR) is 86.8 cm³/mol. The van der Waals surface area contributed by atoms with Gasteiger partial charge in [0, 0.05) is 31.8 Å². The van der Waals surface area contributed by atoms with Crippen molar-refractivity contribution < 1.29 is 22.7 Å². The summed E-state index contributed by atoms with van der Waals surface area (Å²) in [5.41, 5.74) is 0. The fraction of sp³-hybridized carbons (Fsp3) is 0.571. The van der Waals surface area contributed by atoms with E-state index in [4.69, 9.17) is 4.74 Å². The minimum atomic E-state index is -3.07. The van der Waals surface area contributed by atoms with Crippen molar-refractivity contribution in [2.45, 2.75) is 17.5 Å². The van der Waals surface area contributed by atoms with Gasteiger partial charge in [-0.15, -0.1) is 0 Å². The zero-order valence-corrected chi connectivity index (χ0v) is 14.5. The predicted octanol–water partition coefficient (Wildman–Crippen LogP) is 0.0742. The van der Waals surface area contributed by atoms with E-state index in [1.54, 1.807) is 23.1 Å². The lowest BCUT2D eigenvalue weighted by Gasteiger charge is -2.27. The Balaban J connectivity index is 2.00. The van der Waals surface area contributed by atoms with Crippen LogP contribution in [0.15, 0.2) is 29.4 Å². The second-order valence-electron chi connectivity index (χ2n) is 5.29. The van der Waals surface area contributed by atoms with E-state index in [9.17, 15) is 18.4 Å². The minimum absolute atomic E-state index is 0.0000134. The van der Waals surface area contributed by atoms with Crippen LogP contribution in [-0.2, 0) is 19.4 Å². The second kappa shape index (κ2) is 7.98. The molecule has 1 amide bonds. The lowest BCUT2D eigenvalue weighted by atomic mass is 10.2. The summed E-state index contributed by atoms with van der Waals surface area (Å²) in [6, 6.07) is 4.68. The molecular weight excluding hydrogens is 340 g/mol. The van der Waals surface area contributed by atoms with Gasteiger partial charge in [0.1, 0.15) is 0 Å². The van der Waals surface area contributed by atoms with Crippen LogP contribution < -0.4 is 4.73 Å². The first-order valence-electron chi connectivity index (χ1n) is 7.23. The zero-order chi connectivity index (χ0) is 16.9. The van der Waals surface area contributed by atoms with Crippen molar-refractivity contribution in [1.29, 1.82) is 0 Å². The fourth-order valence-corrected chi connectivity index (χ4v) is 5.00. The maximum absolute atomic E-state index is 12.5. The maximum Gasteiger partial charge on any atom is 0.251 e. The van der Waals surface area contributed by atoms with Crippen molar-refractivity contribution in [3.63, 3.8) is 0 Å². The minimum Gasteiger partial charge on any atom is -0.618 e. The van der Waals surface area contributed by atoms with Gasteiger partial charge in [-0.2, -0.15) is 4.73 Å². The van der Waals surface area contributed by atoms with Gasteiger partial charge in [0.25, 0.3) is 5.03 Å². The van der Waals surface area contributed by atoms with Crippen molar-refractivity contribution in [2.75, 3.05) is 37.5 Å². The molecule has 23 heavy (non-hydrogen) atoms. The Morgan fingerprint density at radius 1 is 1.52 bits per heavy atom. The van der Waals surface area contributed by atoms with Crippen molar-refractivity contribution in [1.82, 2.24) is 4.90 Å². The summed E-state index contributed by atoms with van der Waals surface area (Å²) in [5, 5.41) is 12.0. The van der Waals surface area contributed by atoms with Crippen LogP contribution in [0.1, 0.15) is 6.42 Å².